The molecule has 5 rings (SSSR count). The van der Waals surface area contributed by atoms with Gasteiger partial charge in [-0.05, 0) is 54.1 Å². The lowest BCUT2D eigenvalue weighted by atomic mass is 10.1. The lowest BCUT2D eigenvalue weighted by molar-refractivity contribution is -0.115. The Morgan fingerprint density at radius 2 is 2.00 bits per heavy atom. The number of thiazole rings is 1. The molecule has 2 amide bonds. The predicted octanol–water partition coefficient (Wildman–Crippen LogP) is 4.53. The van der Waals surface area contributed by atoms with Gasteiger partial charge in [0, 0.05) is 19.0 Å². The van der Waals surface area contributed by atoms with Crippen molar-refractivity contribution in [3.05, 3.63) is 59.0 Å². The Kier molecular flexibility index (Phi) is 5.18. The minimum Gasteiger partial charge on any atom is -0.493 e. The van der Waals surface area contributed by atoms with Crippen molar-refractivity contribution in [1.29, 1.82) is 0 Å². The number of thioether (sulfide) groups is 1. The molecule has 2 aliphatic rings. The number of para-hydroxylation sites is 1. The first kappa shape index (κ1) is 19.1. The number of aromatic nitrogens is 1. The first-order chi connectivity index (χ1) is 14.6. The summed E-state index contributed by atoms with van der Waals surface area (Å²) in [5, 5.41) is 3.01. The summed E-state index contributed by atoms with van der Waals surface area (Å²) in [5.74, 6) is 0.919. The molecule has 8 heteroatoms. The summed E-state index contributed by atoms with van der Waals surface area (Å²) in [6.45, 7) is 2.61. The second-order valence-corrected chi connectivity index (χ2v) is 9.32. The number of benzene rings is 2. The molecule has 0 aliphatic carbocycles. The van der Waals surface area contributed by atoms with Crippen molar-refractivity contribution in [2.45, 2.75) is 6.42 Å². The van der Waals surface area contributed by atoms with Gasteiger partial charge in [-0.1, -0.05) is 35.6 Å². The van der Waals surface area contributed by atoms with Crippen LogP contribution in [-0.2, 0) is 4.79 Å². The third kappa shape index (κ3) is 4.06. The molecule has 1 N–H and O–H groups in total. The molecule has 0 radical (unpaired) electrons. The maximum absolute atomic E-state index is 11.6. The van der Waals surface area contributed by atoms with E-state index < -0.39 is 0 Å². The van der Waals surface area contributed by atoms with Crippen molar-refractivity contribution >= 4 is 55.7 Å². The highest BCUT2D eigenvalue weighted by molar-refractivity contribution is 8.18. The van der Waals surface area contributed by atoms with Crippen LogP contribution in [0.2, 0.25) is 0 Å². The number of nitrogens with zero attached hydrogens (tertiary/aromatic N) is 2. The smallest absolute Gasteiger partial charge is 0.290 e. The van der Waals surface area contributed by atoms with Gasteiger partial charge in [0.2, 0.25) is 0 Å². The van der Waals surface area contributed by atoms with Crippen molar-refractivity contribution in [3.8, 4) is 5.75 Å². The largest absolute Gasteiger partial charge is 0.493 e. The minimum absolute atomic E-state index is 0.331. The third-order valence-corrected chi connectivity index (χ3v) is 7.05. The van der Waals surface area contributed by atoms with Gasteiger partial charge in [-0.3, -0.25) is 14.9 Å². The molecule has 3 heterocycles. The molecule has 2 saturated heterocycles. The van der Waals surface area contributed by atoms with Crippen LogP contribution in [0.25, 0.3) is 16.3 Å². The Labute approximate surface area is 181 Å². The van der Waals surface area contributed by atoms with Crippen molar-refractivity contribution < 1.29 is 14.3 Å². The Hall–Kier alpha value is -2.84. The van der Waals surface area contributed by atoms with Crippen LogP contribution in [0.4, 0.5) is 9.93 Å². The van der Waals surface area contributed by atoms with E-state index in [0.717, 1.165) is 53.2 Å². The first-order valence-electron chi connectivity index (χ1n) is 9.72. The zero-order chi connectivity index (χ0) is 20.5. The number of nitrogens with one attached hydrogen (secondary N) is 1. The number of rotatable bonds is 5. The van der Waals surface area contributed by atoms with Gasteiger partial charge in [-0.2, -0.15) is 0 Å². The third-order valence-electron chi connectivity index (χ3n) is 5.14. The number of amides is 2. The summed E-state index contributed by atoms with van der Waals surface area (Å²) >= 11 is 2.66. The molecule has 2 aliphatic heterocycles. The van der Waals surface area contributed by atoms with Crippen molar-refractivity contribution in [3.63, 3.8) is 0 Å². The van der Waals surface area contributed by atoms with Crippen LogP contribution in [0.5, 0.6) is 5.75 Å². The molecule has 0 saturated carbocycles. The molecule has 2 aromatic carbocycles. The van der Waals surface area contributed by atoms with E-state index in [1.165, 1.54) is 4.70 Å². The van der Waals surface area contributed by atoms with Gasteiger partial charge in [-0.25, -0.2) is 4.98 Å². The van der Waals surface area contributed by atoms with Crippen molar-refractivity contribution in [1.82, 2.24) is 10.3 Å². The minimum atomic E-state index is -0.343. The molecular formula is C22H19N3O3S2. The topological polar surface area (TPSA) is 71.5 Å². The fraction of sp³-hybridized carbons (Fsp3) is 0.227. The Balaban J connectivity index is 1.16. The number of imide groups is 1. The molecule has 6 nitrogen and oxygen atoms in total. The lowest BCUT2D eigenvalue weighted by Gasteiger charge is -2.15. The number of anilines is 1. The number of hydrogen-bond donors (Lipinski definition) is 1. The summed E-state index contributed by atoms with van der Waals surface area (Å²) in [6.07, 6.45) is 2.79. The standard InChI is InChI=1S/C22H19N3O3S2/c26-20-19(30-22(27)24-20)11-14-5-7-16(8-6-14)28-13-15-9-10-25(12-15)21-23-17-3-1-2-4-18(17)29-21/h1-8,11,15H,9-10,12-13H2,(H,24,26,27)/b19-11-. The lowest BCUT2D eigenvalue weighted by Crippen LogP contribution is -2.21. The highest BCUT2D eigenvalue weighted by Gasteiger charge is 2.26. The van der Waals surface area contributed by atoms with Gasteiger partial charge < -0.3 is 9.64 Å². The Morgan fingerprint density at radius 3 is 2.77 bits per heavy atom. The fourth-order valence-electron chi connectivity index (χ4n) is 3.58. The van der Waals surface area contributed by atoms with Crippen molar-refractivity contribution in [2.75, 3.05) is 24.6 Å². The SMILES string of the molecule is O=C1NC(=O)/C(=C/c2ccc(OCC3CCN(c4nc5ccccc5s4)C3)cc2)S1. The van der Waals surface area contributed by atoms with E-state index in [9.17, 15) is 9.59 Å². The molecule has 0 bridgehead atoms. The number of ether oxygens (including phenoxy) is 1. The Bertz CT molecular complexity index is 1110. The van der Waals surface area contributed by atoms with E-state index in [2.05, 4.69) is 22.3 Å². The van der Waals surface area contributed by atoms with Crippen LogP contribution in [0.3, 0.4) is 0 Å². The summed E-state index contributed by atoms with van der Waals surface area (Å²) in [6, 6.07) is 15.8. The van der Waals surface area contributed by atoms with Crippen LogP contribution in [0.1, 0.15) is 12.0 Å². The van der Waals surface area contributed by atoms with Gasteiger partial charge in [0.25, 0.3) is 11.1 Å². The van der Waals surface area contributed by atoms with Gasteiger partial charge in [0.05, 0.1) is 21.7 Å². The molecule has 1 atom stereocenters. The predicted molar refractivity (Wildman–Crippen MR) is 121 cm³/mol. The maximum atomic E-state index is 11.6. The number of fused-ring (bicyclic) bond motifs is 1. The quantitative estimate of drug-likeness (QED) is 0.592. The summed E-state index contributed by atoms with van der Waals surface area (Å²) < 4.78 is 7.22. The summed E-state index contributed by atoms with van der Waals surface area (Å²) in [4.78, 5) is 30.4. The number of carbonyl (C=O) groups excluding carboxylic acids is 2. The average Bonchev–Trinajstić information content (AvgIpc) is 3.46. The van der Waals surface area contributed by atoms with E-state index in [-0.39, 0.29) is 11.1 Å². The van der Waals surface area contributed by atoms with Crippen LogP contribution in [0.15, 0.2) is 53.4 Å². The normalized spacial score (nSPS) is 20.3. The fourth-order valence-corrected chi connectivity index (χ4v) is 5.27. The molecule has 1 aromatic heterocycles. The van der Waals surface area contributed by atoms with E-state index in [1.54, 1.807) is 17.4 Å². The maximum Gasteiger partial charge on any atom is 0.290 e. The van der Waals surface area contributed by atoms with E-state index in [4.69, 9.17) is 9.72 Å². The molecule has 2 fully saturated rings. The van der Waals surface area contributed by atoms with E-state index in [0.29, 0.717) is 17.4 Å². The van der Waals surface area contributed by atoms with Gasteiger partial charge in [0.1, 0.15) is 5.75 Å². The number of carbonyl (C=O) groups is 2. The van der Waals surface area contributed by atoms with Gasteiger partial charge >= 0.3 is 0 Å². The second-order valence-electron chi connectivity index (χ2n) is 7.30. The van der Waals surface area contributed by atoms with Crippen LogP contribution >= 0.6 is 23.1 Å². The van der Waals surface area contributed by atoms with Crippen LogP contribution in [-0.4, -0.2) is 35.8 Å². The highest BCUT2D eigenvalue weighted by atomic mass is 32.2. The first-order valence-corrected chi connectivity index (χ1v) is 11.4. The molecule has 3 aromatic rings. The molecule has 30 heavy (non-hydrogen) atoms. The van der Waals surface area contributed by atoms with Crippen LogP contribution < -0.4 is 15.0 Å². The van der Waals surface area contributed by atoms with E-state index in [1.807, 2.05) is 36.4 Å². The molecule has 0 spiro atoms. The van der Waals surface area contributed by atoms with Crippen molar-refractivity contribution in [2.24, 2.45) is 5.92 Å². The summed E-state index contributed by atoms with van der Waals surface area (Å²) in [7, 11) is 0. The molecular weight excluding hydrogens is 418 g/mol. The zero-order valence-electron chi connectivity index (χ0n) is 16.0. The monoisotopic (exact) mass is 437 g/mol. The second kappa shape index (κ2) is 8.12. The van der Waals surface area contributed by atoms with Crippen LogP contribution in [0, 0.1) is 5.92 Å². The molecule has 152 valence electrons. The highest BCUT2D eigenvalue weighted by Crippen LogP contribution is 2.32. The summed E-state index contributed by atoms with van der Waals surface area (Å²) in [5.41, 5.74) is 1.92. The molecule has 1 unspecified atom stereocenters. The zero-order valence-corrected chi connectivity index (χ0v) is 17.7. The van der Waals surface area contributed by atoms with E-state index >= 15 is 0 Å². The van der Waals surface area contributed by atoms with Gasteiger partial charge in [-0.15, -0.1) is 0 Å². The number of hydrogen-bond acceptors (Lipinski definition) is 7. The average molecular weight is 438 g/mol. The van der Waals surface area contributed by atoms with Gasteiger partial charge in [0.15, 0.2) is 5.13 Å². The Morgan fingerprint density at radius 1 is 1.17 bits per heavy atom.